The van der Waals surface area contributed by atoms with Crippen LogP contribution in [0.2, 0.25) is 0 Å². The van der Waals surface area contributed by atoms with E-state index in [4.69, 9.17) is 5.73 Å². The molecule has 3 aromatic carbocycles. The lowest BCUT2D eigenvalue weighted by Crippen LogP contribution is -2.14. The van der Waals surface area contributed by atoms with Crippen molar-refractivity contribution in [3.63, 3.8) is 0 Å². The van der Waals surface area contributed by atoms with Crippen LogP contribution in [0.5, 0.6) is 0 Å². The Morgan fingerprint density at radius 3 is 2.28 bits per heavy atom. The van der Waals surface area contributed by atoms with E-state index < -0.39 is 9.84 Å². The van der Waals surface area contributed by atoms with Crippen molar-refractivity contribution in [3.05, 3.63) is 89.6 Å². The molecule has 8 nitrogen and oxygen atoms in total. The number of pyridine rings is 1. The summed E-state index contributed by atoms with van der Waals surface area (Å²) >= 11 is 0. The molecule has 5 N–H and O–H groups in total. The van der Waals surface area contributed by atoms with Gasteiger partial charge in [-0.1, -0.05) is 36.4 Å². The maximum atomic E-state index is 13.3. The Bertz CT molecular complexity index is 1570. The maximum absolute atomic E-state index is 13.3. The summed E-state index contributed by atoms with van der Waals surface area (Å²) in [5.41, 5.74) is 13.7. The highest BCUT2D eigenvalue weighted by Gasteiger charge is 2.19. The number of carbonyl (C=O) groups excluding carboxylic acids is 1. The lowest BCUT2D eigenvalue weighted by Gasteiger charge is -2.15. The first-order valence-electron chi connectivity index (χ1n) is 11.1. The smallest absolute Gasteiger partial charge is 0.257 e. The fourth-order valence-electron chi connectivity index (χ4n) is 3.99. The summed E-state index contributed by atoms with van der Waals surface area (Å²) in [5, 5.41) is 12.2. The first kappa shape index (κ1) is 24.9. The number of hydrogen-bond acceptors (Lipinski definition) is 7. The number of rotatable bonds is 6. The van der Waals surface area contributed by atoms with Gasteiger partial charge in [0.15, 0.2) is 9.84 Å². The van der Waals surface area contributed by atoms with Gasteiger partial charge in [-0.3, -0.25) is 20.5 Å². The molecule has 0 radical (unpaired) electrons. The number of sulfone groups is 1. The van der Waals surface area contributed by atoms with E-state index in [9.17, 15) is 18.4 Å². The molecule has 0 saturated carbocycles. The van der Waals surface area contributed by atoms with Crippen molar-refractivity contribution in [2.24, 2.45) is 0 Å². The van der Waals surface area contributed by atoms with Crippen molar-refractivity contribution in [1.29, 1.82) is 0 Å². The molecule has 1 amide bonds. The van der Waals surface area contributed by atoms with Crippen LogP contribution in [0.4, 0.5) is 17.1 Å². The number of benzene rings is 3. The summed E-state index contributed by atoms with van der Waals surface area (Å²) in [6, 6.07) is 20.6. The van der Waals surface area contributed by atoms with Gasteiger partial charge in [0.25, 0.3) is 5.91 Å². The first-order valence-corrected chi connectivity index (χ1v) is 13.0. The molecular weight excluding hydrogens is 476 g/mol. The first-order chi connectivity index (χ1) is 17.1. The molecule has 0 unspecified atom stereocenters. The molecule has 1 heterocycles. The monoisotopic (exact) mass is 502 g/mol. The second-order valence-electron chi connectivity index (χ2n) is 8.46. The zero-order valence-electron chi connectivity index (χ0n) is 20.0. The van der Waals surface area contributed by atoms with Crippen molar-refractivity contribution >= 4 is 32.8 Å². The van der Waals surface area contributed by atoms with Crippen LogP contribution in [0.25, 0.3) is 22.4 Å². The zero-order chi connectivity index (χ0) is 26.0. The minimum Gasteiger partial charge on any atom is -0.397 e. The van der Waals surface area contributed by atoms with E-state index in [0.29, 0.717) is 45.0 Å². The number of nitrogen functional groups attached to an aromatic ring is 1. The quantitative estimate of drug-likeness (QED) is 0.213. The van der Waals surface area contributed by atoms with Crippen molar-refractivity contribution in [1.82, 2.24) is 4.98 Å². The van der Waals surface area contributed by atoms with Gasteiger partial charge in [0.05, 0.1) is 27.5 Å². The van der Waals surface area contributed by atoms with Gasteiger partial charge in [0.1, 0.15) is 0 Å². The van der Waals surface area contributed by atoms with Crippen LogP contribution >= 0.6 is 0 Å². The number of nitrogens with zero attached hydrogens (tertiary/aromatic N) is 1. The fraction of sp³-hybridized carbons (Fsp3) is 0.111. The molecule has 0 bridgehead atoms. The molecule has 0 spiro atoms. The molecule has 0 fully saturated rings. The van der Waals surface area contributed by atoms with E-state index in [2.05, 4.69) is 15.8 Å². The van der Waals surface area contributed by atoms with Crippen molar-refractivity contribution < 1.29 is 18.4 Å². The van der Waals surface area contributed by atoms with E-state index in [1.54, 1.807) is 79.7 Å². The number of amides is 1. The minimum atomic E-state index is -3.40. The molecule has 4 rings (SSSR count). The predicted molar refractivity (Wildman–Crippen MR) is 142 cm³/mol. The van der Waals surface area contributed by atoms with Crippen molar-refractivity contribution in [2.45, 2.75) is 18.7 Å². The molecule has 184 valence electrons. The highest BCUT2D eigenvalue weighted by atomic mass is 32.2. The van der Waals surface area contributed by atoms with E-state index in [1.165, 1.54) is 6.26 Å². The van der Waals surface area contributed by atoms with Crippen LogP contribution in [0.15, 0.2) is 77.7 Å². The number of nitrogens with one attached hydrogen (secondary N) is 2. The molecule has 4 aromatic rings. The van der Waals surface area contributed by atoms with Crippen LogP contribution in [-0.4, -0.2) is 30.8 Å². The Morgan fingerprint density at radius 2 is 1.61 bits per heavy atom. The lowest BCUT2D eigenvalue weighted by atomic mass is 9.98. The average molecular weight is 503 g/mol. The lowest BCUT2D eigenvalue weighted by molar-refractivity contribution is 0.102. The fourth-order valence-corrected chi connectivity index (χ4v) is 4.90. The Hall–Kier alpha value is -4.21. The molecule has 0 aliphatic carbocycles. The normalized spacial score (nSPS) is 11.2. The third-order valence-corrected chi connectivity index (χ3v) is 7.06. The number of carbonyl (C=O) groups is 1. The van der Waals surface area contributed by atoms with Gasteiger partial charge in [-0.25, -0.2) is 8.42 Å². The summed E-state index contributed by atoms with van der Waals surface area (Å²) in [5.74, 6) is -0.357. The zero-order valence-corrected chi connectivity index (χ0v) is 20.8. The van der Waals surface area contributed by atoms with Gasteiger partial charge >= 0.3 is 0 Å². The van der Waals surface area contributed by atoms with Gasteiger partial charge in [0.2, 0.25) is 0 Å². The topological polar surface area (TPSA) is 134 Å². The van der Waals surface area contributed by atoms with Gasteiger partial charge in [-0.15, -0.1) is 0 Å². The van der Waals surface area contributed by atoms with Crippen molar-refractivity contribution in [2.75, 3.05) is 22.8 Å². The third-order valence-electron chi connectivity index (χ3n) is 5.91. The maximum Gasteiger partial charge on any atom is 0.257 e. The minimum absolute atomic E-state index is 0.245. The molecule has 1 aromatic heterocycles. The second-order valence-corrected chi connectivity index (χ2v) is 10.4. The van der Waals surface area contributed by atoms with Gasteiger partial charge in [-0.05, 0) is 61.4 Å². The molecule has 0 aliphatic rings. The van der Waals surface area contributed by atoms with E-state index in [1.807, 2.05) is 6.92 Å². The van der Waals surface area contributed by atoms with Gasteiger partial charge in [-0.2, -0.15) is 0 Å². The Kier molecular flexibility index (Phi) is 6.78. The molecular formula is C27H26N4O4S. The van der Waals surface area contributed by atoms with Crippen LogP contribution in [-0.2, 0) is 9.84 Å². The summed E-state index contributed by atoms with van der Waals surface area (Å²) in [7, 11) is -3.40. The molecule has 0 aliphatic heterocycles. The highest BCUT2D eigenvalue weighted by molar-refractivity contribution is 7.90. The van der Waals surface area contributed by atoms with E-state index in [0.717, 1.165) is 11.3 Å². The summed E-state index contributed by atoms with van der Waals surface area (Å²) < 4.78 is 24.3. The standard InChI is InChI=1S/C27H26N4O4S/c1-16-8-13-22(26(29-16)20-14-15-23(31-33)25(28)17(20)2)27(32)30-19-11-9-18(10-12-19)21-6-4-5-7-24(21)36(3,34)35/h4-15,31,33H,28H2,1-3H3,(H,30,32). The van der Waals surface area contributed by atoms with Crippen LogP contribution in [0.3, 0.4) is 0 Å². The van der Waals surface area contributed by atoms with Crippen LogP contribution < -0.4 is 16.5 Å². The van der Waals surface area contributed by atoms with Gasteiger partial charge < -0.3 is 11.1 Å². The van der Waals surface area contributed by atoms with Crippen LogP contribution in [0.1, 0.15) is 21.6 Å². The predicted octanol–water partition coefficient (Wildman–Crippen LogP) is 5.07. The third kappa shape index (κ3) is 4.93. The Morgan fingerprint density at radius 1 is 0.917 bits per heavy atom. The summed E-state index contributed by atoms with van der Waals surface area (Å²) in [4.78, 5) is 18.1. The number of nitrogens with two attached hydrogens (primary N) is 1. The average Bonchev–Trinajstić information content (AvgIpc) is 2.85. The van der Waals surface area contributed by atoms with E-state index >= 15 is 0 Å². The SMILES string of the molecule is Cc1ccc(C(=O)Nc2ccc(-c3ccccc3S(C)(=O)=O)cc2)c(-c2ccc(NO)c(N)c2C)n1. The number of hydrogen-bond donors (Lipinski definition) is 4. The molecule has 0 atom stereocenters. The Balaban J connectivity index is 1.66. The largest absolute Gasteiger partial charge is 0.397 e. The molecule has 36 heavy (non-hydrogen) atoms. The van der Waals surface area contributed by atoms with E-state index in [-0.39, 0.29) is 10.8 Å². The number of anilines is 3. The van der Waals surface area contributed by atoms with Crippen LogP contribution in [0, 0.1) is 13.8 Å². The summed E-state index contributed by atoms with van der Waals surface area (Å²) in [6.45, 7) is 3.63. The second kappa shape index (κ2) is 9.80. The molecule has 9 heteroatoms. The highest BCUT2D eigenvalue weighted by Crippen LogP contribution is 2.34. The Labute approximate surface area is 209 Å². The number of aromatic nitrogens is 1. The summed E-state index contributed by atoms with van der Waals surface area (Å²) in [6.07, 6.45) is 1.18. The molecule has 0 saturated heterocycles. The van der Waals surface area contributed by atoms with Crippen molar-refractivity contribution in [3.8, 4) is 22.4 Å². The number of aryl methyl sites for hydroxylation is 1. The van der Waals surface area contributed by atoms with Gasteiger partial charge in [0, 0.05) is 28.8 Å².